The number of para-hydroxylation sites is 1. The molecule has 2 aromatic rings. The van der Waals surface area contributed by atoms with Crippen LogP contribution < -0.4 is 4.57 Å². The van der Waals surface area contributed by atoms with E-state index in [9.17, 15) is 0 Å². The Morgan fingerprint density at radius 2 is 1.48 bits per heavy atom. The molecule has 0 unspecified atom stereocenters. The Labute approximate surface area is 136 Å². The van der Waals surface area contributed by atoms with E-state index >= 15 is 0 Å². The van der Waals surface area contributed by atoms with Gasteiger partial charge < -0.3 is 0 Å². The van der Waals surface area contributed by atoms with Crippen molar-refractivity contribution in [1.82, 2.24) is 0 Å². The van der Waals surface area contributed by atoms with Gasteiger partial charge in [0.1, 0.15) is 0 Å². The van der Waals surface area contributed by atoms with E-state index in [0.29, 0.717) is 14.5 Å². The van der Waals surface area contributed by atoms with Gasteiger partial charge in [0, 0.05) is 0 Å². The second kappa shape index (κ2) is 9.43. The van der Waals surface area contributed by atoms with Crippen LogP contribution in [-0.4, -0.2) is 14.5 Å². The third-order valence-corrected chi connectivity index (χ3v) is 6.55. The van der Waals surface area contributed by atoms with E-state index in [1.807, 2.05) is 0 Å². The Bertz CT molecular complexity index is 529. The molecule has 0 aliphatic heterocycles. The van der Waals surface area contributed by atoms with Crippen molar-refractivity contribution < 1.29 is 4.57 Å². The van der Waals surface area contributed by atoms with Crippen LogP contribution in [0.5, 0.6) is 0 Å². The topological polar surface area (TPSA) is 3.88 Å². The summed E-state index contributed by atoms with van der Waals surface area (Å²) in [5.41, 5.74) is 1.48. The summed E-state index contributed by atoms with van der Waals surface area (Å²) in [6.07, 6.45) is 12.7. The van der Waals surface area contributed by atoms with Gasteiger partial charge in [-0.15, -0.1) is 0 Å². The Hall–Kier alpha value is -0.591. The molecule has 0 aliphatic rings. The van der Waals surface area contributed by atoms with Gasteiger partial charge in [0.15, 0.2) is 0 Å². The minimum atomic E-state index is 0.565. The molecule has 1 aromatic carbocycles. The summed E-state index contributed by atoms with van der Waals surface area (Å²) < 4.78 is 5.72. The number of hydrogen-bond acceptors (Lipinski definition) is 0. The first-order valence-electron chi connectivity index (χ1n) is 8.71. The van der Waals surface area contributed by atoms with Crippen molar-refractivity contribution >= 4 is 24.3 Å². The van der Waals surface area contributed by atoms with Crippen LogP contribution in [0, 0.1) is 6.92 Å². The van der Waals surface area contributed by atoms with Crippen molar-refractivity contribution in [1.29, 1.82) is 0 Å². The second-order valence-electron chi connectivity index (χ2n) is 6.07. The summed E-state index contributed by atoms with van der Waals surface area (Å²) >= 11 is 0.565. The number of unbranched alkanes of at least 4 members (excludes halogenated alkanes) is 8. The molecule has 0 N–H and O–H groups in total. The molecule has 2 rings (SSSR count). The molecule has 1 nitrogen and oxygen atoms in total. The fraction of sp³-hybridized carbons (Fsp3) is 0.632. The molecule has 21 heavy (non-hydrogen) atoms. The molecule has 0 aliphatic carbocycles. The molecule has 1 heterocycles. The molecular weight excluding hydrogens is 321 g/mol. The van der Waals surface area contributed by atoms with Crippen LogP contribution >= 0.6 is 0 Å². The maximum atomic E-state index is 2.57. The number of aromatic nitrogens is 1. The predicted octanol–water partition coefficient (Wildman–Crippen LogP) is 5.02. The monoisotopic (exact) mass is 352 g/mol. The van der Waals surface area contributed by atoms with Crippen LogP contribution in [0.15, 0.2) is 24.3 Å². The summed E-state index contributed by atoms with van der Waals surface area (Å²) in [6, 6.07) is 8.95. The quantitative estimate of drug-likeness (QED) is 0.321. The van der Waals surface area contributed by atoms with Crippen LogP contribution in [0.1, 0.15) is 69.3 Å². The Morgan fingerprint density at radius 3 is 2.19 bits per heavy atom. The minimum absolute atomic E-state index is 0.565. The van der Waals surface area contributed by atoms with E-state index in [1.165, 1.54) is 69.8 Å². The number of aryl methyl sites for hydroxylation is 2. The second-order valence-corrected chi connectivity index (χ2v) is 8.66. The summed E-state index contributed by atoms with van der Waals surface area (Å²) in [7, 11) is 0. The predicted molar refractivity (Wildman–Crippen MR) is 93.0 cm³/mol. The van der Waals surface area contributed by atoms with E-state index in [0.717, 1.165) is 0 Å². The maximum absolute atomic E-state index is 2.57. The van der Waals surface area contributed by atoms with E-state index < -0.39 is 0 Å². The van der Waals surface area contributed by atoms with Crippen molar-refractivity contribution in [2.75, 3.05) is 0 Å². The van der Waals surface area contributed by atoms with E-state index in [-0.39, 0.29) is 0 Å². The number of hydrogen-bond donors (Lipinski definition) is 0. The summed E-state index contributed by atoms with van der Waals surface area (Å²) in [4.78, 5) is 0. The zero-order chi connectivity index (χ0) is 14.9. The zero-order valence-electron chi connectivity index (χ0n) is 13.7. The normalized spacial score (nSPS) is 11.3. The molecule has 0 amide bonds. The summed E-state index contributed by atoms with van der Waals surface area (Å²) in [6.45, 7) is 5.82. The van der Waals surface area contributed by atoms with Crippen molar-refractivity contribution in [2.45, 2.75) is 78.2 Å². The SMILES string of the molecule is CCCCCCCCCCC[n+]1c(C)[se]c2ccccc21. The van der Waals surface area contributed by atoms with E-state index in [1.54, 1.807) is 8.83 Å². The Kier molecular flexibility index (Phi) is 7.53. The van der Waals surface area contributed by atoms with Gasteiger partial charge in [0.05, 0.1) is 0 Å². The summed E-state index contributed by atoms with van der Waals surface area (Å²) in [5.74, 6) is 0. The van der Waals surface area contributed by atoms with Crippen molar-refractivity contribution in [2.24, 2.45) is 0 Å². The Morgan fingerprint density at radius 1 is 0.857 bits per heavy atom. The van der Waals surface area contributed by atoms with Crippen LogP contribution in [0.2, 0.25) is 0 Å². The van der Waals surface area contributed by atoms with Gasteiger partial charge >= 0.3 is 129 Å². The molecule has 0 fully saturated rings. The van der Waals surface area contributed by atoms with Gasteiger partial charge in [-0.1, -0.05) is 6.92 Å². The third-order valence-electron chi connectivity index (χ3n) is 4.28. The number of fused-ring (bicyclic) bond motifs is 1. The molecule has 0 spiro atoms. The van der Waals surface area contributed by atoms with E-state index in [2.05, 4.69) is 42.7 Å². The summed E-state index contributed by atoms with van der Waals surface area (Å²) in [5, 5.41) is 0. The van der Waals surface area contributed by atoms with Gasteiger partial charge in [0.25, 0.3) is 0 Å². The van der Waals surface area contributed by atoms with Gasteiger partial charge in [-0.3, -0.25) is 0 Å². The molecule has 0 bridgehead atoms. The molecule has 0 atom stereocenters. The fourth-order valence-corrected chi connectivity index (χ4v) is 5.21. The van der Waals surface area contributed by atoms with Crippen molar-refractivity contribution in [3.05, 3.63) is 28.8 Å². The standard InChI is InChI=1S/C19H30NSe/c1-3-4-5-6-7-8-9-10-13-16-20-17(2)21-19-15-12-11-14-18(19)20/h11-12,14-15H,3-10,13,16H2,1-2H3/q+1. The van der Waals surface area contributed by atoms with Crippen LogP contribution in [0.3, 0.4) is 0 Å². The number of rotatable bonds is 10. The third kappa shape index (κ3) is 5.27. The molecule has 116 valence electrons. The van der Waals surface area contributed by atoms with Gasteiger partial charge in [-0.05, 0) is 0 Å². The van der Waals surface area contributed by atoms with Gasteiger partial charge in [0.2, 0.25) is 0 Å². The molecule has 2 heteroatoms. The zero-order valence-corrected chi connectivity index (χ0v) is 15.4. The molecule has 0 radical (unpaired) electrons. The first kappa shape index (κ1) is 16.8. The number of benzene rings is 1. The van der Waals surface area contributed by atoms with E-state index in [4.69, 9.17) is 0 Å². The first-order chi connectivity index (χ1) is 10.3. The molecule has 0 saturated carbocycles. The van der Waals surface area contributed by atoms with Gasteiger partial charge in [-0.25, -0.2) is 0 Å². The molecule has 0 saturated heterocycles. The average Bonchev–Trinajstić information content (AvgIpc) is 2.81. The van der Waals surface area contributed by atoms with Crippen LogP contribution in [0.25, 0.3) is 9.78 Å². The molecule has 1 aromatic heterocycles. The van der Waals surface area contributed by atoms with Crippen LogP contribution in [0.4, 0.5) is 0 Å². The van der Waals surface area contributed by atoms with Gasteiger partial charge in [-0.2, -0.15) is 0 Å². The Balaban J connectivity index is 1.65. The van der Waals surface area contributed by atoms with Crippen LogP contribution in [-0.2, 0) is 6.54 Å². The first-order valence-corrected chi connectivity index (χ1v) is 10.4. The molecular formula is C19H30NSe+. The van der Waals surface area contributed by atoms with Crippen molar-refractivity contribution in [3.63, 3.8) is 0 Å². The average molecular weight is 351 g/mol. The fourth-order valence-electron chi connectivity index (χ4n) is 3.01. The van der Waals surface area contributed by atoms with Crippen molar-refractivity contribution in [3.8, 4) is 0 Å². The number of nitrogens with zero attached hydrogens (tertiary/aromatic N) is 1.